The average Bonchev–Trinajstić information content (AvgIpc) is 2.35. The molecule has 0 aliphatic carbocycles. The number of primary sulfonamides is 1. The molecule has 116 valence electrons. The number of ether oxygens (including phenoxy) is 1. The number of azo groups is 1. The SMILES string of the molecule is COC(=O)c1ccc(N=NCC(F)(F)F)cc1S(N)(=O)=O. The van der Waals surface area contributed by atoms with Crippen LogP contribution in [0.1, 0.15) is 10.4 Å². The molecule has 1 rings (SSSR count). The number of halogens is 3. The summed E-state index contributed by atoms with van der Waals surface area (Å²) in [7, 11) is -3.26. The van der Waals surface area contributed by atoms with E-state index in [1.807, 2.05) is 0 Å². The zero-order valence-corrected chi connectivity index (χ0v) is 11.4. The standard InChI is InChI=1S/C10H10F3N3O4S/c1-20-9(17)7-3-2-6(4-8(7)21(14,18)19)16-15-5-10(11,12)13/h2-4H,5H2,1H3,(H2,14,18,19). The van der Waals surface area contributed by atoms with E-state index in [2.05, 4.69) is 15.0 Å². The molecule has 1 aromatic rings. The van der Waals surface area contributed by atoms with E-state index in [9.17, 15) is 26.4 Å². The van der Waals surface area contributed by atoms with Gasteiger partial charge in [-0.1, -0.05) is 0 Å². The number of esters is 1. The highest BCUT2D eigenvalue weighted by Gasteiger charge is 2.26. The summed E-state index contributed by atoms with van der Waals surface area (Å²) in [4.78, 5) is 10.8. The topological polar surface area (TPSA) is 111 Å². The first-order valence-electron chi connectivity index (χ1n) is 5.24. The number of alkyl halides is 3. The molecule has 7 nitrogen and oxygen atoms in total. The van der Waals surface area contributed by atoms with Gasteiger partial charge in [0.15, 0.2) is 6.54 Å². The molecule has 0 spiro atoms. The molecule has 0 atom stereocenters. The number of hydrogen-bond acceptors (Lipinski definition) is 6. The van der Waals surface area contributed by atoms with Crippen LogP contribution in [-0.2, 0) is 14.8 Å². The molecule has 0 unspecified atom stereocenters. The van der Waals surface area contributed by atoms with Crippen molar-refractivity contribution in [2.45, 2.75) is 11.1 Å². The minimum atomic E-state index is -4.53. The van der Waals surface area contributed by atoms with E-state index in [4.69, 9.17) is 5.14 Å². The molecule has 11 heteroatoms. The van der Waals surface area contributed by atoms with Crippen LogP contribution < -0.4 is 5.14 Å². The molecule has 0 heterocycles. The highest BCUT2D eigenvalue weighted by molar-refractivity contribution is 7.89. The maximum absolute atomic E-state index is 11.9. The average molecular weight is 325 g/mol. The molecular weight excluding hydrogens is 315 g/mol. The lowest BCUT2D eigenvalue weighted by atomic mass is 10.2. The van der Waals surface area contributed by atoms with Crippen molar-refractivity contribution in [1.29, 1.82) is 0 Å². The van der Waals surface area contributed by atoms with Gasteiger partial charge in [-0.15, -0.1) is 0 Å². The van der Waals surface area contributed by atoms with E-state index >= 15 is 0 Å². The van der Waals surface area contributed by atoms with E-state index in [1.54, 1.807) is 0 Å². The van der Waals surface area contributed by atoms with E-state index in [1.165, 1.54) is 0 Å². The second-order valence-electron chi connectivity index (χ2n) is 3.73. The molecule has 0 saturated heterocycles. The first kappa shape index (κ1) is 17.0. The second-order valence-corrected chi connectivity index (χ2v) is 5.26. The Morgan fingerprint density at radius 1 is 1.38 bits per heavy atom. The highest BCUT2D eigenvalue weighted by atomic mass is 32.2. The Hall–Kier alpha value is -2.01. The Bertz CT molecular complexity index is 671. The fraction of sp³-hybridized carbons (Fsp3) is 0.300. The molecule has 2 N–H and O–H groups in total. The summed E-state index contributed by atoms with van der Waals surface area (Å²) in [5.74, 6) is -0.960. The lowest BCUT2D eigenvalue weighted by Gasteiger charge is -2.06. The molecule has 0 fully saturated rings. The predicted molar refractivity (Wildman–Crippen MR) is 64.6 cm³/mol. The zero-order chi connectivity index (χ0) is 16.3. The van der Waals surface area contributed by atoms with Crippen molar-refractivity contribution >= 4 is 21.7 Å². The maximum Gasteiger partial charge on any atom is 0.409 e. The number of nitrogens with zero attached hydrogens (tertiary/aromatic N) is 2. The minimum absolute atomic E-state index is 0.198. The lowest BCUT2D eigenvalue weighted by Crippen LogP contribution is -2.17. The van der Waals surface area contributed by atoms with Gasteiger partial charge in [0.25, 0.3) is 0 Å². The maximum atomic E-state index is 11.9. The second kappa shape index (κ2) is 6.18. The largest absolute Gasteiger partial charge is 0.465 e. The van der Waals surface area contributed by atoms with Crippen LogP contribution in [0.15, 0.2) is 33.3 Å². The normalized spacial score (nSPS) is 12.6. The van der Waals surface area contributed by atoms with Gasteiger partial charge < -0.3 is 4.74 Å². The van der Waals surface area contributed by atoms with Gasteiger partial charge >= 0.3 is 12.1 Å². The van der Waals surface area contributed by atoms with Crippen LogP contribution in [0.25, 0.3) is 0 Å². The number of rotatable bonds is 4. The van der Waals surface area contributed by atoms with Crippen molar-refractivity contribution in [3.63, 3.8) is 0 Å². The van der Waals surface area contributed by atoms with Crippen molar-refractivity contribution < 1.29 is 31.1 Å². The van der Waals surface area contributed by atoms with E-state index < -0.39 is 33.6 Å². The number of benzene rings is 1. The fourth-order valence-electron chi connectivity index (χ4n) is 1.28. The summed E-state index contributed by atoms with van der Waals surface area (Å²) in [6.45, 7) is -1.52. The van der Waals surface area contributed by atoms with Crippen molar-refractivity contribution in [2.24, 2.45) is 15.4 Å². The van der Waals surface area contributed by atoms with Gasteiger partial charge in [0.1, 0.15) is 0 Å². The van der Waals surface area contributed by atoms with Crippen molar-refractivity contribution in [1.82, 2.24) is 0 Å². The van der Waals surface area contributed by atoms with Crippen LogP contribution in [0, 0.1) is 0 Å². The fourth-order valence-corrected chi connectivity index (χ4v) is 2.03. The van der Waals surface area contributed by atoms with Gasteiger partial charge in [-0.25, -0.2) is 18.4 Å². The van der Waals surface area contributed by atoms with Gasteiger partial charge in [0.2, 0.25) is 10.0 Å². The molecular formula is C10H10F3N3O4S. The molecule has 0 amide bonds. The van der Waals surface area contributed by atoms with Crippen molar-refractivity contribution in [2.75, 3.05) is 13.7 Å². The lowest BCUT2D eigenvalue weighted by molar-refractivity contribution is -0.119. The number of carbonyl (C=O) groups is 1. The molecule has 21 heavy (non-hydrogen) atoms. The number of methoxy groups -OCH3 is 1. The van der Waals surface area contributed by atoms with Gasteiger partial charge in [-0.2, -0.15) is 23.4 Å². The monoisotopic (exact) mass is 325 g/mol. The first-order chi connectivity index (χ1) is 9.54. The molecule has 0 bridgehead atoms. The Kier molecular flexibility index (Phi) is 5.01. The summed E-state index contributed by atoms with van der Waals surface area (Å²) in [6, 6.07) is 2.97. The first-order valence-corrected chi connectivity index (χ1v) is 6.78. The quantitative estimate of drug-likeness (QED) is 0.671. The molecule has 0 saturated carbocycles. The smallest absolute Gasteiger partial charge is 0.409 e. The molecule has 0 aromatic heterocycles. The Labute approximate surface area is 117 Å². The van der Waals surface area contributed by atoms with Gasteiger partial charge in [0.05, 0.1) is 23.3 Å². The number of carbonyl (C=O) groups excluding carboxylic acids is 1. The molecule has 0 aliphatic rings. The van der Waals surface area contributed by atoms with E-state index in [0.29, 0.717) is 0 Å². The van der Waals surface area contributed by atoms with Crippen LogP contribution in [0.2, 0.25) is 0 Å². The minimum Gasteiger partial charge on any atom is -0.465 e. The summed E-state index contributed by atoms with van der Waals surface area (Å²) in [6.07, 6.45) is -4.53. The zero-order valence-electron chi connectivity index (χ0n) is 10.6. The van der Waals surface area contributed by atoms with Crippen LogP contribution in [0.3, 0.4) is 0 Å². The Morgan fingerprint density at radius 2 is 2.00 bits per heavy atom. The van der Waals surface area contributed by atoms with Crippen LogP contribution in [0.5, 0.6) is 0 Å². The van der Waals surface area contributed by atoms with Crippen molar-refractivity contribution in [3.8, 4) is 0 Å². The summed E-state index contributed by atoms with van der Waals surface area (Å²) >= 11 is 0. The van der Waals surface area contributed by atoms with Gasteiger partial charge in [-0.05, 0) is 18.2 Å². The number of hydrogen-bond donors (Lipinski definition) is 1. The van der Waals surface area contributed by atoms with Crippen LogP contribution in [-0.4, -0.2) is 34.2 Å². The Balaban J connectivity index is 3.20. The molecule has 0 aliphatic heterocycles. The summed E-state index contributed by atoms with van der Waals surface area (Å²) < 4.78 is 62.9. The molecule has 0 radical (unpaired) electrons. The Morgan fingerprint density at radius 3 is 2.48 bits per heavy atom. The number of nitrogens with two attached hydrogens (primary N) is 1. The van der Waals surface area contributed by atoms with Crippen LogP contribution in [0.4, 0.5) is 18.9 Å². The van der Waals surface area contributed by atoms with Crippen molar-refractivity contribution in [3.05, 3.63) is 23.8 Å². The third kappa shape index (κ3) is 5.11. The van der Waals surface area contributed by atoms with Gasteiger partial charge in [0, 0.05) is 0 Å². The third-order valence-electron chi connectivity index (χ3n) is 2.11. The van der Waals surface area contributed by atoms with E-state index in [-0.39, 0.29) is 11.3 Å². The predicted octanol–water partition coefficient (Wildman–Crippen LogP) is 1.77. The van der Waals surface area contributed by atoms with E-state index in [0.717, 1.165) is 25.3 Å². The molecule has 1 aromatic carbocycles. The van der Waals surface area contributed by atoms with Crippen LogP contribution >= 0.6 is 0 Å². The highest BCUT2D eigenvalue weighted by Crippen LogP contribution is 2.23. The number of sulfonamides is 1. The summed E-state index contributed by atoms with van der Waals surface area (Å²) in [5.41, 5.74) is -0.550. The summed E-state index contributed by atoms with van der Waals surface area (Å²) in [5, 5.41) is 11.0. The third-order valence-corrected chi connectivity index (χ3v) is 3.06. The van der Waals surface area contributed by atoms with Gasteiger partial charge in [-0.3, -0.25) is 0 Å².